The van der Waals surface area contributed by atoms with E-state index in [1.807, 2.05) is 12.1 Å². The van der Waals surface area contributed by atoms with E-state index in [1.54, 1.807) is 0 Å². The summed E-state index contributed by atoms with van der Waals surface area (Å²) >= 11 is 0. The monoisotopic (exact) mass is 345 g/mol. The molecule has 5 heteroatoms. The molecule has 2 heterocycles. The maximum atomic E-state index is 13.0. The number of rotatable bonds is 4. The molecule has 0 aromatic heterocycles. The van der Waals surface area contributed by atoms with Crippen LogP contribution < -0.4 is 0 Å². The van der Waals surface area contributed by atoms with Crippen LogP contribution >= 0.6 is 0 Å². The molecule has 2 saturated heterocycles. The molecule has 1 aromatic carbocycles. The van der Waals surface area contributed by atoms with Gasteiger partial charge in [0.15, 0.2) is 0 Å². The Labute approximate surface area is 149 Å². The molecule has 136 valence electrons. The van der Waals surface area contributed by atoms with Crippen molar-refractivity contribution in [1.82, 2.24) is 14.7 Å². The van der Waals surface area contributed by atoms with Crippen LogP contribution in [0.3, 0.4) is 0 Å². The van der Waals surface area contributed by atoms with Gasteiger partial charge in [-0.3, -0.25) is 14.6 Å². The van der Waals surface area contributed by atoms with Crippen molar-refractivity contribution in [3.63, 3.8) is 0 Å². The molecule has 1 aliphatic carbocycles. The maximum Gasteiger partial charge on any atom is 0.228 e. The molecule has 25 heavy (non-hydrogen) atoms. The summed E-state index contributed by atoms with van der Waals surface area (Å²) in [5, 5.41) is 0. The Morgan fingerprint density at radius 2 is 1.76 bits per heavy atom. The number of halogens is 1. The molecule has 4 rings (SSSR count). The normalized spacial score (nSPS) is 23.8. The van der Waals surface area contributed by atoms with Gasteiger partial charge in [-0.25, -0.2) is 4.39 Å². The van der Waals surface area contributed by atoms with Gasteiger partial charge in [0.25, 0.3) is 0 Å². The number of hydrogen-bond acceptors (Lipinski definition) is 3. The summed E-state index contributed by atoms with van der Waals surface area (Å²) in [6.45, 7) is 6.47. The van der Waals surface area contributed by atoms with Crippen molar-refractivity contribution in [2.45, 2.75) is 38.3 Å². The summed E-state index contributed by atoms with van der Waals surface area (Å²) in [6.07, 6.45) is 5.16. The van der Waals surface area contributed by atoms with Gasteiger partial charge in [0, 0.05) is 51.9 Å². The fourth-order valence-electron chi connectivity index (χ4n) is 4.24. The Hall–Kier alpha value is -1.46. The van der Waals surface area contributed by atoms with Gasteiger partial charge in [-0.1, -0.05) is 18.6 Å². The molecule has 0 radical (unpaired) electrons. The van der Waals surface area contributed by atoms with Crippen molar-refractivity contribution < 1.29 is 9.18 Å². The quantitative estimate of drug-likeness (QED) is 0.838. The van der Waals surface area contributed by atoms with Crippen LogP contribution in [-0.4, -0.2) is 65.9 Å². The second-order valence-corrected chi connectivity index (χ2v) is 7.82. The summed E-state index contributed by atoms with van der Waals surface area (Å²) in [4.78, 5) is 19.7. The highest BCUT2D eigenvalue weighted by Crippen LogP contribution is 2.26. The standard InChI is InChI=1S/C20H28FN3O/c21-18-7-5-16(6-8-18)13-22-14-17(15-22)20(25)24-10-2-9-23(11-12-24)19-3-1-4-19/h5-8,17,19H,1-4,9-15H2. The minimum Gasteiger partial charge on any atom is -0.341 e. The topological polar surface area (TPSA) is 26.8 Å². The van der Waals surface area contributed by atoms with Crippen molar-refractivity contribution in [2.75, 3.05) is 39.3 Å². The number of carbonyl (C=O) groups excluding carboxylic acids is 1. The summed E-state index contributed by atoms with van der Waals surface area (Å²) in [7, 11) is 0. The van der Waals surface area contributed by atoms with Crippen LogP contribution in [0, 0.1) is 11.7 Å². The van der Waals surface area contributed by atoms with E-state index >= 15 is 0 Å². The largest absolute Gasteiger partial charge is 0.341 e. The third-order valence-electron chi connectivity index (χ3n) is 6.06. The van der Waals surface area contributed by atoms with Crippen LogP contribution in [0.15, 0.2) is 24.3 Å². The Morgan fingerprint density at radius 1 is 1.00 bits per heavy atom. The fourth-order valence-corrected chi connectivity index (χ4v) is 4.24. The molecule has 3 fully saturated rings. The highest BCUT2D eigenvalue weighted by atomic mass is 19.1. The number of amides is 1. The molecule has 3 aliphatic rings. The lowest BCUT2D eigenvalue weighted by Crippen LogP contribution is -2.54. The molecule has 0 unspecified atom stereocenters. The number of nitrogens with zero attached hydrogens (tertiary/aromatic N) is 3. The lowest BCUT2D eigenvalue weighted by molar-refractivity contribution is -0.141. The van der Waals surface area contributed by atoms with Crippen LogP contribution in [0.2, 0.25) is 0 Å². The van der Waals surface area contributed by atoms with Gasteiger partial charge in [-0.15, -0.1) is 0 Å². The molecule has 0 bridgehead atoms. The summed E-state index contributed by atoms with van der Waals surface area (Å²) < 4.78 is 13.0. The lowest BCUT2D eigenvalue weighted by Gasteiger charge is -2.40. The van der Waals surface area contributed by atoms with E-state index < -0.39 is 0 Å². The average molecular weight is 345 g/mol. The minimum atomic E-state index is -0.197. The maximum absolute atomic E-state index is 13.0. The molecule has 1 amide bonds. The minimum absolute atomic E-state index is 0.149. The zero-order chi connectivity index (χ0) is 17.2. The first kappa shape index (κ1) is 17.0. The van der Waals surface area contributed by atoms with E-state index in [9.17, 15) is 9.18 Å². The van der Waals surface area contributed by atoms with E-state index in [4.69, 9.17) is 0 Å². The first-order valence-electron chi connectivity index (χ1n) is 9.69. The van der Waals surface area contributed by atoms with E-state index in [1.165, 1.54) is 31.4 Å². The second-order valence-electron chi connectivity index (χ2n) is 7.82. The van der Waals surface area contributed by atoms with Gasteiger partial charge in [0.1, 0.15) is 5.82 Å². The van der Waals surface area contributed by atoms with E-state index in [0.29, 0.717) is 5.91 Å². The number of hydrogen-bond donors (Lipinski definition) is 0. The summed E-state index contributed by atoms with van der Waals surface area (Å²) in [5.41, 5.74) is 1.11. The Morgan fingerprint density at radius 3 is 2.44 bits per heavy atom. The van der Waals surface area contributed by atoms with Gasteiger partial charge in [0.2, 0.25) is 5.91 Å². The van der Waals surface area contributed by atoms with Gasteiger partial charge in [0.05, 0.1) is 5.92 Å². The van der Waals surface area contributed by atoms with Crippen LogP contribution in [0.25, 0.3) is 0 Å². The molecule has 1 saturated carbocycles. The van der Waals surface area contributed by atoms with E-state index in [-0.39, 0.29) is 11.7 Å². The smallest absolute Gasteiger partial charge is 0.228 e. The first-order chi connectivity index (χ1) is 12.2. The SMILES string of the molecule is O=C(C1CN(Cc2ccc(F)cc2)C1)N1CCCN(C2CCC2)CC1. The molecule has 4 nitrogen and oxygen atoms in total. The number of carbonyl (C=O) groups is 1. The number of likely N-dealkylation sites (tertiary alicyclic amines) is 1. The van der Waals surface area contributed by atoms with Gasteiger partial charge >= 0.3 is 0 Å². The Kier molecular flexibility index (Phi) is 5.04. The van der Waals surface area contributed by atoms with Crippen molar-refractivity contribution >= 4 is 5.91 Å². The van der Waals surface area contributed by atoms with Crippen molar-refractivity contribution in [1.29, 1.82) is 0 Å². The molecule has 0 atom stereocenters. The predicted octanol–water partition coefficient (Wildman–Crippen LogP) is 2.34. The Bertz CT molecular complexity index is 595. The third-order valence-corrected chi connectivity index (χ3v) is 6.06. The van der Waals surface area contributed by atoms with Crippen molar-refractivity contribution in [3.8, 4) is 0 Å². The van der Waals surface area contributed by atoms with Crippen molar-refractivity contribution in [2.24, 2.45) is 5.92 Å². The highest BCUT2D eigenvalue weighted by molar-refractivity contribution is 5.80. The van der Waals surface area contributed by atoms with Crippen LogP contribution in [0.1, 0.15) is 31.2 Å². The molecular formula is C20H28FN3O. The zero-order valence-electron chi connectivity index (χ0n) is 14.9. The van der Waals surface area contributed by atoms with E-state index in [0.717, 1.165) is 63.8 Å². The van der Waals surface area contributed by atoms with Gasteiger partial charge in [-0.05, 0) is 37.0 Å². The molecular weight excluding hydrogens is 317 g/mol. The summed E-state index contributed by atoms with van der Waals surface area (Å²) in [5.74, 6) is 0.291. The first-order valence-corrected chi connectivity index (χ1v) is 9.69. The highest BCUT2D eigenvalue weighted by Gasteiger charge is 2.36. The number of benzene rings is 1. The molecule has 2 aliphatic heterocycles. The van der Waals surface area contributed by atoms with Crippen LogP contribution in [0.4, 0.5) is 4.39 Å². The lowest BCUT2D eigenvalue weighted by atomic mass is 9.91. The molecule has 0 N–H and O–H groups in total. The average Bonchev–Trinajstić information content (AvgIpc) is 2.76. The Balaban J connectivity index is 1.23. The van der Waals surface area contributed by atoms with Gasteiger partial charge in [-0.2, -0.15) is 0 Å². The van der Waals surface area contributed by atoms with Crippen molar-refractivity contribution in [3.05, 3.63) is 35.6 Å². The fraction of sp³-hybridized carbons (Fsp3) is 0.650. The second kappa shape index (κ2) is 7.42. The molecule has 1 aromatic rings. The van der Waals surface area contributed by atoms with E-state index in [2.05, 4.69) is 14.7 Å². The summed E-state index contributed by atoms with van der Waals surface area (Å²) in [6, 6.07) is 7.44. The zero-order valence-corrected chi connectivity index (χ0v) is 14.9. The molecule has 0 spiro atoms. The van der Waals surface area contributed by atoms with Crippen LogP contribution in [-0.2, 0) is 11.3 Å². The third kappa shape index (κ3) is 3.87. The predicted molar refractivity (Wildman–Crippen MR) is 95.6 cm³/mol. The van der Waals surface area contributed by atoms with Crippen LogP contribution in [0.5, 0.6) is 0 Å². The van der Waals surface area contributed by atoms with Gasteiger partial charge < -0.3 is 4.90 Å².